The second-order valence-corrected chi connectivity index (χ2v) is 27.9. The molecule has 2 fully saturated rings. The Kier molecular flexibility index (Phi) is 35.4. The lowest BCUT2D eigenvalue weighted by atomic mass is 10.0. The van der Waals surface area contributed by atoms with Gasteiger partial charge in [-0.2, -0.15) is 35.3 Å². The van der Waals surface area contributed by atoms with Crippen LogP contribution in [-0.4, -0.2) is 282 Å². The lowest BCUT2D eigenvalue weighted by Gasteiger charge is -2.33. The van der Waals surface area contributed by atoms with Gasteiger partial charge >= 0.3 is 29.8 Å². The molecule has 0 aromatic heterocycles. The third kappa shape index (κ3) is 29.2. The van der Waals surface area contributed by atoms with E-state index in [0.717, 1.165) is 39.3 Å². The molecule has 3 aliphatic heterocycles. The van der Waals surface area contributed by atoms with Gasteiger partial charge in [-0.15, -0.1) is 0 Å². The highest BCUT2D eigenvalue weighted by molar-refractivity contribution is 7.99. The van der Waals surface area contributed by atoms with E-state index >= 15 is 0 Å². The van der Waals surface area contributed by atoms with Crippen molar-refractivity contribution in [1.29, 1.82) is 0 Å². The average Bonchev–Trinajstić information content (AvgIpc) is 1.63. The number of carbonyl (C=O) groups excluding carboxylic acids is 9. The number of carboxylic acids is 5. The van der Waals surface area contributed by atoms with Crippen molar-refractivity contribution in [2.24, 2.45) is 5.73 Å². The summed E-state index contributed by atoms with van der Waals surface area (Å²) in [5, 5.41) is 75.0. The van der Waals surface area contributed by atoms with Crippen LogP contribution in [0.5, 0.6) is 0 Å². The number of aliphatic carboxylic acids is 5. The number of nitrogens with zero attached hydrogens (tertiary/aromatic N) is 5. The van der Waals surface area contributed by atoms with Crippen molar-refractivity contribution in [2.75, 3.05) is 95.8 Å². The Bertz CT molecular complexity index is 3100. The smallest absolute Gasteiger partial charge is 0.327 e. The topological polar surface area (TPSA) is 475 Å². The molecule has 2 aromatic rings. The number of carbonyl (C=O) groups is 14. The molecular formula is C65H94N12O20S3. The molecular weight excluding hydrogens is 1360 g/mol. The molecule has 0 spiro atoms. The number of carboxylic acid groups (broad SMARTS) is 5. The highest BCUT2D eigenvalue weighted by Crippen LogP contribution is 2.28. The summed E-state index contributed by atoms with van der Waals surface area (Å²) >= 11 is 3.94. The van der Waals surface area contributed by atoms with Crippen molar-refractivity contribution >= 4 is 118 Å². The van der Waals surface area contributed by atoms with Gasteiger partial charge in [0, 0.05) is 99.6 Å². The van der Waals surface area contributed by atoms with Crippen molar-refractivity contribution in [3.8, 4) is 0 Å². The van der Waals surface area contributed by atoms with Crippen LogP contribution in [0.1, 0.15) is 100 Å². The van der Waals surface area contributed by atoms with Gasteiger partial charge in [0.1, 0.15) is 42.3 Å². The van der Waals surface area contributed by atoms with E-state index in [9.17, 15) is 97.8 Å². The van der Waals surface area contributed by atoms with Crippen LogP contribution < -0.4 is 37.6 Å². The molecule has 0 saturated carbocycles. The fraction of sp³-hybridized carbons (Fsp3) is 0.600. The number of aliphatic hydroxyl groups excluding tert-OH is 1. The number of nitrogens with two attached hydrogens (primary N) is 1. The highest BCUT2D eigenvalue weighted by Gasteiger charge is 2.45. The lowest BCUT2D eigenvalue weighted by molar-refractivity contribution is -0.148. The van der Waals surface area contributed by atoms with E-state index in [1.54, 1.807) is 30.3 Å². The Labute approximate surface area is 592 Å². The van der Waals surface area contributed by atoms with Gasteiger partial charge in [0.25, 0.3) is 0 Å². The Balaban J connectivity index is 1.45. The van der Waals surface area contributed by atoms with E-state index < -0.39 is 165 Å². The van der Waals surface area contributed by atoms with Gasteiger partial charge in [-0.05, 0) is 67.7 Å². The molecule has 0 unspecified atom stereocenters. The summed E-state index contributed by atoms with van der Waals surface area (Å²) in [6.07, 6.45) is 0.866. The van der Waals surface area contributed by atoms with Crippen LogP contribution in [0.3, 0.4) is 0 Å². The first-order valence-corrected chi connectivity index (χ1v) is 36.6. The Morgan fingerprint density at radius 1 is 0.630 bits per heavy atom. The zero-order valence-corrected chi connectivity index (χ0v) is 58.6. The predicted molar refractivity (Wildman–Crippen MR) is 369 cm³/mol. The van der Waals surface area contributed by atoms with E-state index in [4.69, 9.17) is 5.73 Å². The van der Waals surface area contributed by atoms with Gasteiger partial charge in [0.15, 0.2) is 0 Å². The van der Waals surface area contributed by atoms with E-state index in [1.807, 2.05) is 25.1 Å². The van der Waals surface area contributed by atoms with Crippen LogP contribution in [-0.2, 0) is 90.8 Å². The number of benzene rings is 2. The molecule has 3 heterocycles. The Morgan fingerprint density at radius 3 is 1.74 bits per heavy atom. The van der Waals surface area contributed by atoms with Gasteiger partial charge in [-0.3, -0.25) is 77.0 Å². The third-order valence-corrected chi connectivity index (χ3v) is 19.8. The summed E-state index contributed by atoms with van der Waals surface area (Å²) in [4.78, 5) is 192. The minimum atomic E-state index is -1.73. The van der Waals surface area contributed by atoms with Crippen LogP contribution in [0, 0.1) is 0 Å². The number of rotatable bonds is 33. The number of fused-ring (bicyclic) bond motifs is 4. The first-order valence-electron chi connectivity index (χ1n) is 33.1. The zero-order valence-electron chi connectivity index (χ0n) is 56.2. The van der Waals surface area contributed by atoms with Crippen molar-refractivity contribution in [3.63, 3.8) is 0 Å². The molecule has 3 aliphatic rings. The number of hydrogen-bond acceptors (Lipinski definition) is 21. The number of nitrogens with one attached hydrogen (secondary N) is 6. The standard InChI is InChI=1S/C65H94N12O20S3/c1-3-4-6-15-52(80)68-47-38-99-36-43-26-42(35-98-25-18-67-53(81)30-73(21-23-74(31-54(82)83)32-55(84)85)22-24-75(33-56(86)87)34-57(88)89)27-44(28-43)37-100-39-48(65(96)97)71-60(91)46(29-41-11-7-5-8-12-41)70-59(90)45(16-17-51(66)79)69-62(93)58(40(2)78)72-61(92)49-13-9-19-76(49)64(95)50-14-10-20-77(50)63(47)94/h5,7-8,11-12,26-28,40,45-50,58,78H,3-4,6,9-10,13-25,29-39H2,1-2H3,(H2,66,79)(H,67,81)(H,68,80)(H,69,93)(H,70,90)(H,71,91)(H,72,92)(H,82,83)(H,84,85)(H,86,87)(H,88,89)(H,96,97)/t40-,45+,46+,47+,48+,49+,50+,58+/m1/s1. The summed E-state index contributed by atoms with van der Waals surface area (Å²) in [7, 11) is 0. The number of unbranched alkanes of at least 4 members (excludes halogenated alkanes) is 2. The monoisotopic (exact) mass is 1460 g/mol. The predicted octanol–water partition coefficient (Wildman–Crippen LogP) is -1.28. The quantitative estimate of drug-likeness (QED) is 0.0370. The van der Waals surface area contributed by atoms with Gasteiger partial charge < -0.3 is 78.1 Å². The fourth-order valence-electron chi connectivity index (χ4n) is 11.6. The summed E-state index contributed by atoms with van der Waals surface area (Å²) in [5.41, 5.74) is 8.34. The van der Waals surface area contributed by atoms with Crippen molar-refractivity contribution in [2.45, 2.75) is 150 Å². The largest absolute Gasteiger partial charge is 0.480 e. The number of thioether (sulfide) groups is 3. The summed E-state index contributed by atoms with van der Waals surface area (Å²) < 4.78 is 0. The van der Waals surface area contributed by atoms with E-state index in [0.29, 0.717) is 36.3 Å². The second kappa shape index (κ2) is 42.9. The highest BCUT2D eigenvalue weighted by atomic mass is 32.2. The van der Waals surface area contributed by atoms with E-state index in [2.05, 4.69) is 31.9 Å². The molecule has 8 atom stereocenters. The first-order chi connectivity index (χ1) is 47.6. The molecule has 5 rings (SSSR count). The minimum absolute atomic E-state index is 0.0445. The maximum absolute atomic E-state index is 14.9. The zero-order chi connectivity index (χ0) is 73.4. The lowest BCUT2D eigenvalue weighted by Crippen LogP contribution is -2.61. The van der Waals surface area contributed by atoms with E-state index in [1.165, 1.54) is 56.9 Å². The van der Waals surface area contributed by atoms with Crippen LogP contribution >= 0.6 is 35.3 Å². The molecule has 0 radical (unpaired) electrons. The van der Waals surface area contributed by atoms with E-state index in [-0.39, 0.29) is 107 Å². The minimum Gasteiger partial charge on any atom is -0.480 e. The SMILES string of the molecule is CCCCCC(=O)N[C@H]1CSCc2cc(CSCCNC(=O)CN(CCN(CC(=O)O)CC(=O)O)CCN(CC(=O)O)CC(=O)O)cc(c2)CSC[C@@H](C(=O)O)NC(=O)[C@H](Cc2ccccc2)NC(=O)[C@H](CCC(N)=O)NC(=O)[C@H]([C@@H](C)O)NC(=O)[C@@H]2CCCN2C(=O)[C@@H]2CCCN2C1=O. The molecule has 2 saturated heterocycles. The van der Waals surface area contributed by atoms with Crippen LogP contribution in [0.4, 0.5) is 0 Å². The molecule has 32 nitrogen and oxygen atoms in total. The Hall–Kier alpha value is -8.09. The van der Waals surface area contributed by atoms with Gasteiger partial charge in [0.2, 0.25) is 53.2 Å². The van der Waals surface area contributed by atoms with Crippen molar-refractivity contribution in [1.82, 2.24) is 56.4 Å². The van der Waals surface area contributed by atoms with Crippen LogP contribution in [0.15, 0.2) is 48.5 Å². The van der Waals surface area contributed by atoms with Crippen LogP contribution in [0.2, 0.25) is 0 Å². The first kappa shape index (κ1) is 82.6. The second-order valence-electron chi connectivity index (χ2n) is 24.8. The normalized spacial score (nSPS) is 21.2. The molecule has 100 heavy (non-hydrogen) atoms. The van der Waals surface area contributed by atoms with Crippen molar-refractivity contribution < 1.29 is 97.8 Å². The van der Waals surface area contributed by atoms with Gasteiger partial charge in [-0.25, -0.2) is 4.79 Å². The fourth-order valence-corrected chi connectivity index (χ4v) is 14.4. The molecule has 0 aliphatic carbocycles. The van der Waals surface area contributed by atoms with Crippen LogP contribution in [0.25, 0.3) is 0 Å². The summed E-state index contributed by atoms with van der Waals surface area (Å²) in [6, 6.07) is 4.54. The van der Waals surface area contributed by atoms with Crippen molar-refractivity contribution in [3.05, 3.63) is 70.8 Å². The van der Waals surface area contributed by atoms with Gasteiger partial charge in [0.05, 0.1) is 38.8 Å². The molecule has 552 valence electrons. The number of aliphatic hydroxyl groups is 1. The maximum Gasteiger partial charge on any atom is 0.327 e. The Morgan fingerprint density at radius 2 is 1.18 bits per heavy atom. The maximum atomic E-state index is 14.9. The molecule has 14 N–H and O–H groups in total. The molecule has 9 amide bonds. The summed E-state index contributed by atoms with van der Waals surface area (Å²) in [6.45, 7) is 0.473. The number of primary amides is 1. The molecule has 35 heteroatoms. The third-order valence-electron chi connectivity index (χ3n) is 16.5. The van der Waals surface area contributed by atoms with Gasteiger partial charge in [-0.1, -0.05) is 68.3 Å². The molecule has 2 bridgehead atoms. The summed E-state index contributed by atoms with van der Waals surface area (Å²) in [5.74, 6) is -12.0. The molecule has 2 aromatic carbocycles. The average molecular weight is 1460 g/mol. The number of amides is 9. The number of hydrogen-bond donors (Lipinski definition) is 13.